The van der Waals surface area contributed by atoms with Crippen LogP contribution in [0.1, 0.15) is 39.6 Å². The Morgan fingerprint density at radius 1 is 1.12 bits per heavy atom. The highest BCUT2D eigenvalue weighted by molar-refractivity contribution is 5.97. The first-order valence-corrected chi connectivity index (χ1v) is 10.2. The summed E-state index contributed by atoms with van der Waals surface area (Å²) >= 11 is 0. The fraction of sp³-hybridized carbons (Fsp3) is 0.200. The molecule has 0 bridgehead atoms. The molecule has 7 heteroatoms. The third kappa shape index (κ3) is 4.38. The van der Waals surface area contributed by atoms with Gasteiger partial charge in [0.25, 0.3) is 0 Å². The number of rotatable bonds is 8. The van der Waals surface area contributed by atoms with E-state index in [0.717, 1.165) is 23.8 Å². The van der Waals surface area contributed by atoms with Crippen molar-refractivity contribution in [1.29, 1.82) is 0 Å². The molecule has 4 rings (SSSR count). The summed E-state index contributed by atoms with van der Waals surface area (Å²) in [6.45, 7) is 1.39. The summed E-state index contributed by atoms with van der Waals surface area (Å²) in [5, 5.41) is 9.82. The lowest BCUT2D eigenvalue weighted by Gasteiger charge is -2.14. The van der Waals surface area contributed by atoms with Crippen LogP contribution in [0.5, 0.6) is 5.75 Å². The molecule has 0 spiro atoms. The van der Waals surface area contributed by atoms with E-state index in [1.54, 1.807) is 29.7 Å². The van der Waals surface area contributed by atoms with E-state index in [-0.39, 0.29) is 36.9 Å². The SMILES string of the molecule is Cc1nc2c(OCc3cc(F)ccc3F)cccn2c1C(=O)C[C@@H](CO)c1ccccc1. The number of fused-ring (bicyclic) bond motifs is 1. The normalized spacial score (nSPS) is 12.1. The third-order valence-corrected chi connectivity index (χ3v) is 5.37. The maximum absolute atomic E-state index is 13.9. The molecule has 1 N–H and O–H groups in total. The fourth-order valence-electron chi connectivity index (χ4n) is 3.75. The number of benzene rings is 2. The molecule has 0 unspecified atom stereocenters. The minimum atomic E-state index is -0.565. The van der Waals surface area contributed by atoms with Gasteiger partial charge in [0.15, 0.2) is 17.2 Å². The predicted molar refractivity (Wildman–Crippen MR) is 116 cm³/mol. The van der Waals surface area contributed by atoms with Gasteiger partial charge in [0, 0.05) is 24.1 Å². The number of carbonyl (C=O) groups excluding carboxylic acids is 1. The molecule has 0 saturated carbocycles. The van der Waals surface area contributed by atoms with Crippen LogP contribution in [0.15, 0.2) is 66.9 Å². The van der Waals surface area contributed by atoms with Gasteiger partial charge in [0.1, 0.15) is 23.9 Å². The van der Waals surface area contributed by atoms with Crippen molar-refractivity contribution in [2.75, 3.05) is 6.61 Å². The van der Waals surface area contributed by atoms with Crippen LogP contribution in [0.2, 0.25) is 0 Å². The first-order valence-electron chi connectivity index (χ1n) is 10.2. The summed E-state index contributed by atoms with van der Waals surface area (Å²) in [7, 11) is 0. The topological polar surface area (TPSA) is 63.8 Å². The largest absolute Gasteiger partial charge is 0.485 e. The summed E-state index contributed by atoms with van der Waals surface area (Å²) in [5.74, 6) is -1.26. The van der Waals surface area contributed by atoms with E-state index < -0.39 is 11.6 Å². The number of hydrogen-bond acceptors (Lipinski definition) is 4. The van der Waals surface area contributed by atoms with Crippen molar-refractivity contribution < 1.29 is 23.4 Å². The van der Waals surface area contributed by atoms with E-state index >= 15 is 0 Å². The minimum absolute atomic E-state index is 0.0835. The van der Waals surface area contributed by atoms with Gasteiger partial charge in [-0.25, -0.2) is 13.8 Å². The average Bonchev–Trinajstić information content (AvgIpc) is 3.15. The Bertz CT molecular complexity index is 1260. The van der Waals surface area contributed by atoms with E-state index in [9.17, 15) is 18.7 Å². The number of aliphatic hydroxyl groups excluding tert-OH is 1. The monoisotopic (exact) mass is 436 g/mol. The number of aliphatic hydroxyl groups is 1. The molecule has 0 aliphatic rings. The lowest BCUT2D eigenvalue weighted by molar-refractivity contribution is 0.0953. The van der Waals surface area contributed by atoms with Gasteiger partial charge in [-0.3, -0.25) is 9.20 Å². The maximum atomic E-state index is 13.9. The highest BCUT2D eigenvalue weighted by Crippen LogP contribution is 2.27. The van der Waals surface area contributed by atoms with Gasteiger partial charge in [-0.2, -0.15) is 0 Å². The van der Waals surface area contributed by atoms with Crippen LogP contribution in [-0.4, -0.2) is 26.9 Å². The zero-order valence-electron chi connectivity index (χ0n) is 17.5. The number of ketones is 1. The van der Waals surface area contributed by atoms with Crippen LogP contribution in [0.25, 0.3) is 5.65 Å². The van der Waals surface area contributed by atoms with E-state index in [2.05, 4.69) is 4.98 Å². The summed E-state index contributed by atoms with van der Waals surface area (Å²) in [6.07, 6.45) is 1.82. The lowest BCUT2D eigenvalue weighted by atomic mass is 9.93. The van der Waals surface area contributed by atoms with E-state index in [1.165, 1.54) is 0 Å². The minimum Gasteiger partial charge on any atom is -0.485 e. The highest BCUT2D eigenvalue weighted by Gasteiger charge is 2.23. The zero-order valence-corrected chi connectivity index (χ0v) is 17.5. The molecular weight excluding hydrogens is 414 g/mol. The maximum Gasteiger partial charge on any atom is 0.182 e. The number of aryl methyl sites for hydroxylation is 1. The molecular formula is C25H22F2N2O3. The highest BCUT2D eigenvalue weighted by atomic mass is 19.1. The van der Waals surface area contributed by atoms with Crippen LogP contribution < -0.4 is 4.74 Å². The molecule has 2 aromatic carbocycles. The van der Waals surface area contributed by atoms with E-state index in [1.807, 2.05) is 30.3 Å². The van der Waals surface area contributed by atoms with Gasteiger partial charge in [0.2, 0.25) is 0 Å². The van der Waals surface area contributed by atoms with Crippen molar-refractivity contribution in [3.63, 3.8) is 0 Å². The quantitative estimate of drug-likeness (QED) is 0.401. The second-order valence-corrected chi connectivity index (χ2v) is 7.55. The van der Waals surface area contributed by atoms with Crippen molar-refractivity contribution in [1.82, 2.24) is 9.38 Å². The molecule has 0 fully saturated rings. The first kappa shape index (κ1) is 21.6. The summed E-state index contributed by atoms with van der Waals surface area (Å²) in [5.41, 5.74) is 2.30. The molecule has 0 aliphatic carbocycles. The fourth-order valence-corrected chi connectivity index (χ4v) is 3.75. The molecule has 2 aromatic heterocycles. The Morgan fingerprint density at radius 3 is 2.66 bits per heavy atom. The molecule has 32 heavy (non-hydrogen) atoms. The molecule has 1 atom stereocenters. The van der Waals surface area contributed by atoms with Crippen molar-refractivity contribution in [2.24, 2.45) is 0 Å². The van der Waals surface area contributed by atoms with E-state index in [0.29, 0.717) is 22.8 Å². The molecule has 0 aliphatic heterocycles. The zero-order chi connectivity index (χ0) is 22.7. The number of hydrogen-bond donors (Lipinski definition) is 1. The number of Topliss-reactive ketones (excluding diaryl/α,β-unsaturated/α-hetero) is 1. The molecule has 5 nitrogen and oxygen atoms in total. The Balaban J connectivity index is 1.60. The molecule has 4 aromatic rings. The van der Waals surface area contributed by atoms with Crippen LogP contribution in [-0.2, 0) is 6.61 Å². The smallest absolute Gasteiger partial charge is 0.182 e. The second kappa shape index (κ2) is 9.28. The van der Waals surface area contributed by atoms with Crippen molar-refractivity contribution >= 4 is 11.4 Å². The van der Waals surface area contributed by atoms with Crippen LogP contribution in [0.4, 0.5) is 8.78 Å². The number of nitrogens with zero attached hydrogens (tertiary/aromatic N) is 2. The molecule has 0 saturated heterocycles. The van der Waals surface area contributed by atoms with E-state index in [4.69, 9.17) is 4.74 Å². The van der Waals surface area contributed by atoms with Gasteiger partial charge in [-0.15, -0.1) is 0 Å². The van der Waals surface area contributed by atoms with Crippen molar-refractivity contribution in [3.05, 3.63) is 101 Å². The average molecular weight is 436 g/mol. The third-order valence-electron chi connectivity index (χ3n) is 5.37. The lowest BCUT2D eigenvalue weighted by Crippen LogP contribution is -2.13. The first-order chi connectivity index (χ1) is 15.5. The molecule has 0 amide bonds. The summed E-state index contributed by atoms with van der Waals surface area (Å²) in [4.78, 5) is 17.6. The number of aromatic nitrogens is 2. The number of ether oxygens (including phenoxy) is 1. The standard InChI is InChI=1S/C25H22F2N2O3/c1-16-24(22(31)13-18(14-30)17-6-3-2-4-7-17)29-11-5-8-23(25(29)28-16)32-15-19-12-20(26)9-10-21(19)27/h2-12,18,30H,13-15H2,1H3/t18-/m0/s1. The Labute approximate surface area is 183 Å². The molecule has 0 radical (unpaired) electrons. The molecule has 2 heterocycles. The number of pyridine rings is 1. The van der Waals surface area contributed by atoms with Crippen LogP contribution in [0.3, 0.4) is 0 Å². The predicted octanol–water partition coefficient (Wildman–Crippen LogP) is 4.85. The second-order valence-electron chi connectivity index (χ2n) is 7.55. The summed E-state index contributed by atoms with van der Waals surface area (Å²) in [6, 6.07) is 15.9. The number of imidazole rings is 1. The van der Waals surface area contributed by atoms with Crippen molar-refractivity contribution in [3.8, 4) is 5.75 Å². The van der Waals surface area contributed by atoms with Crippen LogP contribution in [0, 0.1) is 18.6 Å². The Kier molecular flexibility index (Phi) is 6.28. The Morgan fingerprint density at radius 2 is 1.91 bits per heavy atom. The van der Waals surface area contributed by atoms with Gasteiger partial charge in [-0.05, 0) is 42.8 Å². The number of carbonyl (C=O) groups is 1. The molecule has 164 valence electrons. The van der Waals surface area contributed by atoms with Gasteiger partial charge >= 0.3 is 0 Å². The van der Waals surface area contributed by atoms with Crippen LogP contribution >= 0.6 is 0 Å². The Hall–Kier alpha value is -3.58. The van der Waals surface area contributed by atoms with Crippen molar-refractivity contribution in [2.45, 2.75) is 25.9 Å². The van der Waals surface area contributed by atoms with Gasteiger partial charge < -0.3 is 9.84 Å². The van der Waals surface area contributed by atoms with Gasteiger partial charge in [-0.1, -0.05) is 30.3 Å². The number of halogens is 2. The summed E-state index contributed by atoms with van der Waals surface area (Å²) < 4.78 is 34.7. The van der Waals surface area contributed by atoms with Gasteiger partial charge in [0.05, 0.1) is 12.3 Å².